The molecule has 2 aromatic carbocycles. The molecule has 0 saturated carbocycles. The van der Waals surface area contributed by atoms with Crippen molar-refractivity contribution in [3.05, 3.63) is 71.9 Å². The number of sulfone groups is 1. The van der Waals surface area contributed by atoms with Crippen LogP contribution in [0.5, 0.6) is 0 Å². The molecule has 4 nitrogen and oxygen atoms in total. The normalized spacial score (nSPS) is 12.0. The molecule has 0 bridgehead atoms. The minimum atomic E-state index is -3.14. The van der Waals surface area contributed by atoms with Crippen LogP contribution in [-0.4, -0.2) is 31.6 Å². The molecule has 0 atom stereocenters. The van der Waals surface area contributed by atoms with Crippen molar-refractivity contribution in [2.45, 2.75) is 18.0 Å². The number of hydrogen-bond acceptors (Lipinski definition) is 4. The van der Waals surface area contributed by atoms with Gasteiger partial charge in [0.05, 0.1) is 10.4 Å². The second-order valence-corrected chi connectivity index (χ2v) is 8.09. The molecule has 0 unspecified atom stereocenters. The summed E-state index contributed by atoms with van der Waals surface area (Å²) >= 11 is 0. The summed E-state index contributed by atoms with van der Waals surface area (Å²) in [4.78, 5) is 6.95. The lowest BCUT2D eigenvalue weighted by Crippen LogP contribution is -2.17. The van der Waals surface area contributed by atoms with Crippen molar-refractivity contribution in [1.29, 1.82) is 0 Å². The van der Waals surface area contributed by atoms with E-state index in [9.17, 15) is 8.42 Å². The molecule has 5 heteroatoms. The van der Waals surface area contributed by atoms with Gasteiger partial charge in [0.1, 0.15) is 0 Å². The first-order chi connectivity index (χ1) is 11.4. The van der Waals surface area contributed by atoms with Crippen molar-refractivity contribution in [2.24, 2.45) is 0 Å². The molecule has 1 aromatic heterocycles. The summed E-state index contributed by atoms with van der Waals surface area (Å²) < 4.78 is 23.0. The maximum Gasteiger partial charge on any atom is 0.175 e. The average Bonchev–Trinajstić information content (AvgIpc) is 2.55. The third-order valence-corrected chi connectivity index (χ3v) is 5.11. The molecule has 0 radical (unpaired) electrons. The summed E-state index contributed by atoms with van der Waals surface area (Å²) in [5, 5.41) is 1.17. The lowest BCUT2D eigenvalue weighted by atomic mass is 10.1. The molecular formula is C19H20N2O2S. The second-order valence-electron chi connectivity index (χ2n) is 6.08. The number of rotatable bonds is 5. The standard InChI is InChI=1S/C19H20N2O2S/c1-21(13-15-8-10-17(11-9-15)24(2,22)23)14-16-5-3-7-19-18(16)6-4-12-20-19/h3-12H,13-14H2,1-2H3. The summed E-state index contributed by atoms with van der Waals surface area (Å²) in [6.45, 7) is 1.55. The molecule has 0 amide bonds. The second kappa shape index (κ2) is 6.71. The van der Waals surface area contributed by atoms with Crippen LogP contribution in [-0.2, 0) is 22.9 Å². The van der Waals surface area contributed by atoms with Crippen LogP contribution in [0, 0.1) is 0 Å². The summed E-state index contributed by atoms with van der Waals surface area (Å²) in [5.74, 6) is 0. The van der Waals surface area contributed by atoms with Gasteiger partial charge in [0.25, 0.3) is 0 Å². The largest absolute Gasteiger partial charge is 0.298 e. The summed E-state index contributed by atoms with van der Waals surface area (Å²) in [5.41, 5.74) is 3.32. The van der Waals surface area contributed by atoms with Crippen molar-refractivity contribution >= 4 is 20.7 Å². The Bertz CT molecular complexity index is 945. The minimum absolute atomic E-state index is 0.356. The molecule has 0 spiro atoms. The van der Waals surface area contributed by atoms with E-state index in [4.69, 9.17) is 0 Å². The van der Waals surface area contributed by atoms with Gasteiger partial charge in [0.2, 0.25) is 0 Å². The first kappa shape index (κ1) is 16.6. The number of pyridine rings is 1. The number of fused-ring (bicyclic) bond motifs is 1. The van der Waals surface area contributed by atoms with Gasteiger partial charge in [-0.3, -0.25) is 9.88 Å². The highest BCUT2D eigenvalue weighted by Gasteiger charge is 2.08. The molecular weight excluding hydrogens is 320 g/mol. The molecule has 0 aliphatic carbocycles. The first-order valence-electron chi connectivity index (χ1n) is 7.74. The Kier molecular flexibility index (Phi) is 4.64. The zero-order chi connectivity index (χ0) is 17.2. The van der Waals surface area contributed by atoms with E-state index in [1.807, 2.05) is 30.3 Å². The molecule has 1 heterocycles. The third kappa shape index (κ3) is 3.80. The number of aromatic nitrogens is 1. The van der Waals surface area contributed by atoms with Crippen molar-refractivity contribution in [1.82, 2.24) is 9.88 Å². The quantitative estimate of drug-likeness (QED) is 0.715. The molecule has 0 aliphatic heterocycles. The smallest absolute Gasteiger partial charge is 0.175 e. The summed E-state index contributed by atoms with van der Waals surface area (Å²) in [6, 6.07) is 17.3. The highest BCUT2D eigenvalue weighted by molar-refractivity contribution is 7.90. The lowest BCUT2D eigenvalue weighted by Gasteiger charge is -2.18. The van der Waals surface area contributed by atoms with E-state index in [2.05, 4.69) is 29.1 Å². The Morgan fingerprint density at radius 3 is 2.42 bits per heavy atom. The van der Waals surface area contributed by atoms with Crippen molar-refractivity contribution < 1.29 is 8.42 Å². The van der Waals surface area contributed by atoms with Gasteiger partial charge in [-0.25, -0.2) is 8.42 Å². The van der Waals surface area contributed by atoms with Gasteiger partial charge in [-0.2, -0.15) is 0 Å². The van der Waals surface area contributed by atoms with Crippen molar-refractivity contribution in [3.63, 3.8) is 0 Å². The molecule has 3 rings (SSSR count). The minimum Gasteiger partial charge on any atom is -0.298 e. The molecule has 24 heavy (non-hydrogen) atoms. The van der Waals surface area contributed by atoms with Crippen molar-refractivity contribution in [2.75, 3.05) is 13.3 Å². The van der Waals surface area contributed by atoms with Crippen molar-refractivity contribution in [3.8, 4) is 0 Å². The molecule has 0 fully saturated rings. The van der Waals surface area contributed by atoms with Crippen LogP contribution in [0.15, 0.2) is 65.7 Å². The predicted molar refractivity (Wildman–Crippen MR) is 96.5 cm³/mol. The predicted octanol–water partition coefficient (Wildman–Crippen LogP) is 3.27. The molecule has 124 valence electrons. The van der Waals surface area contributed by atoms with E-state index in [0.29, 0.717) is 4.90 Å². The van der Waals surface area contributed by atoms with Gasteiger partial charge in [-0.05, 0) is 42.4 Å². The van der Waals surface area contributed by atoms with Gasteiger partial charge in [0, 0.05) is 30.9 Å². The van der Waals surface area contributed by atoms with Gasteiger partial charge in [-0.1, -0.05) is 30.3 Å². The van der Waals surface area contributed by atoms with E-state index in [-0.39, 0.29) is 0 Å². The lowest BCUT2D eigenvalue weighted by molar-refractivity contribution is 0.320. The summed E-state index contributed by atoms with van der Waals surface area (Å²) in [7, 11) is -1.09. The fraction of sp³-hybridized carbons (Fsp3) is 0.211. The van der Waals surface area contributed by atoms with E-state index in [0.717, 1.165) is 24.2 Å². The van der Waals surface area contributed by atoms with Gasteiger partial charge >= 0.3 is 0 Å². The SMILES string of the molecule is CN(Cc1ccc(S(C)(=O)=O)cc1)Cc1cccc2ncccc12. The van der Waals surface area contributed by atoms with Crippen LogP contribution in [0.1, 0.15) is 11.1 Å². The first-order valence-corrected chi connectivity index (χ1v) is 9.63. The topological polar surface area (TPSA) is 50.3 Å². The van der Waals surface area contributed by atoms with Crippen LogP contribution in [0.25, 0.3) is 10.9 Å². The number of hydrogen-bond donors (Lipinski definition) is 0. The fourth-order valence-corrected chi connectivity index (χ4v) is 3.44. The van der Waals surface area contributed by atoms with Crippen LogP contribution < -0.4 is 0 Å². The Labute approximate surface area is 142 Å². The van der Waals surface area contributed by atoms with E-state index in [1.54, 1.807) is 18.3 Å². The molecule has 0 saturated heterocycles. The Hall–Kier alpha value is -2.24. The monoisotopic (exact) mass is 340 g/mol. The number of benzene rings is 2. The van der Waals surface area contributed by atoms with E-state index in [1.165, 1.54) is 17.2 Å². The average molecular weight is 340 g/mol. The molecule has 0 aliphatic rings. The maximum atomic E-state index is 11.5. The Morgan fingerprint density at radius 1 is 0.958 bits per heavy atom. The Balaban J connectivity index is 1.74. The third-order valence-electron chi connectivity index (χ3n) is 3.98. The molecule has 3 aromatic rings. The van der Waals surface area contributed by atoms with Gasteiger partial charge in [0.15, 0.2) is 9.84 Å². The highest BCUT2D eigenvalue weighted by Crippen LogP contribution is 2.19. The maximum absolute atomic E-state index is 11.5. The molecule has 0 N–H and O–H groups in total. The van der Waals surface area contributed by atoms with Crippen LogP contribution in [0.3, 0.4) is 0 Å². The van der Waals surface area contributed by atoms with E-state index < -0.39 is 9.84 Å². The fourth-order valence-electron chi connectivity index (χ4n) is 2.81. The van der Waals surface area contributed by atoms with Gasteiger partial charge in [-0.15, -0.1) is 0 Å². The van der Waals surface area contributed by atoms with E-state index >= 15 is 0 Å². The zero-order valence-electron chi connectivity index (χ0n) is 13.8. The number of nitrogens with zero attached hydrogens (tertiary/aromatic N) is 2. The highest BCUT2D eigenvalue weighted by atomic mass is 32.2. The zero-order valence-corrected chi connectivity index (χ0v) is 14.6. The van der Waals surface area contributed by atoms with Crippen LogP contribution >= 0.6 is 0 Å². The summed E-state index contributed by atoms with van der Waals surface area (Å²) in [6.07, 6.45) is 3.03. The van der Waals surface area contributed by atoms with Gasteiger partial charge < -0.3 is 0 Å². The van der Waals surface area contributed by atoms with Crippen LogP contribution in [0.2, 0.25) is 0 Å². The van der Waals surface area contributed by atoms with Crippen LogP contribution in [0.4, 0.5) is 0 Å². The Morgan fingerprint density at radius 2 is 1.71 bits per heavy atom.